The van der Waals surface area contributed by atoms with E-state index in [1.165, 1.54) is 24.3 Å². The van der Waals surface area contributed by atoms with Gasteiger partial charge in [-0.05, 0) is 38.2 Å². The molecule has 0 aliphatic rings. The van der Waals surface area contributed by atoms with Gasteiger partial charge in [0.1, 0.15) is 5.82 Å². The Hall–Kier alpha value is -1.75. The Morgan fingerprint density at radius 1 is 1.33 bits per heavy atom. The SMILES string of the molecule is CCOC(=O)CC(NC)C(=O)c1ccc(F)cc1. The van der Waals surface area contributed by atoms with Crippen molar-refractivity contribution in [2.75, 3.05) is 13.7 Å². The Labute approximate surface area is 105 Å². The lowest BCUT2D eigenvalue weighted by Gasteiger charge is -2.14. The van der Waals surface area contributed by atoms with Crippen LogP contribution in [0.4, 0.5) is 4.39 Å². The van der Waals surface area contributed by atoms with Crippen molar-refractivity contribution in [3.05, 3.63) is 35.6 Å². The van der Waals surface area contributed by atoms with Crippen LogP contribution in [0, 0.1) is 5.82 Å². The number of ether oxygens (including phenoxy) is 1. The summed E-state index contributed by atoms with van der Waals surface area (Å²) >= 11 is 0. The lowest BCUT2D eigenvalue weighted by Crippen LogP contribution is -2.36. The first-order chi connectivity index (χ1) is 8.58. The molecular formula is C13H16FNO3. The van der Waals surface area contributed by atoms with Gasteiger partial charge in [-0.25, -0.2) is 4.39 Å². The Morgan fingerprint density at radius 2 is 1.94 bits per heavy atom. The molecule has 0 aromatic heterocycles. The average Bonchev–Trinajstić information content (AvgIpc) is 2.36. The standard InChI is InChI=1S/C13H16FNO3/c1-3-18-12(16)8-11(15-2)13(17)9-4-6-10(14)7-5-9/h4-7,11,15H,3,8H2,1-2H3. The number of halogens is 1. The van der Waals surface area contributed by atoms with E-state index in [0.717, 1.165) is 0 Å². The fraction of sp³-hybridized carbons (Fsp3) is 0.385. The number of nitrogens with one attached hydrogen (secondary N) is 1. The molecule has 0 heterocycles. The quantitative estimate of drug-likeness (QED) is 0.617. The highest BCUT2D eigenvalue weighted by atomic mass is 19.1. The van der Waals surface area contributed by atoms with Crippen molar-refractivity contribution in [3.63, 3.8) is 0 Å². The van der Waals surface area contributed by atoms with E-state index < -0.39 is 17.8 Å². The van der Waals surface area contributed by atoms with Crippen LogP contribution in [0.1, 0.15) is 23.7 Å². The van der Waals surface area contributed by atoms with Crippen molar-refractivity contribution >= 4 is 11.8 Å². The molecule has 0 aliphatic heterocycles. The molecule has 4 nitrogen and oxygen atoms in total. The van der Waals surface area contributed by atoms with Crippen LogP contribution in [0.5, 0.6) is 0 Å². The van der Waals surface area contributed by atoms with E-state index in [1.807, 2.05) is 0 Å². The van der Waals surface area contributed by atoms with Gasteiger partial charge in [-0.3, -0.25) is 9.59 Å². The van der Waals surface area contributed by atoms with Gasteiger partial charge in [-0.1, -0.05) is 0 Å². The Balaban J connectivity index is 2.73. The van der Waals surface area contributed by atoms with E-state index in [0.29, 0.717) is 5.56 Å². The first-order valence-electron chi connectivity index (χ1n) is 5.71. The summed E-state index contributed by atoms with van der Waals surface area (Å²) in [7, 11) is 1.59. The number of hydrogen-bond donors (Lipinski definition) is 1. The predicted octanol–water partition coefficient (Wildman–Crippen LogP) is 1.55. The number of benzene rings is 1. The van der Waals surface area contributed by atoms with Gasteiger partial charge in [0.05, 0.1) is 19.1 Å². The van der Waals surface area contributed by atoms with Crippen molar-refractivity contribution in [2.24, 2.45) is 0 Å². The third-order valence-electron chi connectivity index (χ3n) is 2.47. The van der Waals surface area contributed by atoms with E-state index in [9.17, 15) is 14.0 Å². The fourth-order valence-corrected chi connectivity index (χ4v) is 1.53. The highest BCUT2D eigenvalue weighted by Crippen LogP contribution is 2.08. The Morgan fingerprint density at radius 3 is 2.44 bits per heavy atom. The molecule has 0 saturated carbocycles. The molecule has 1 N–H and O–H groups in total. The predicted molar refractivity (Wildman–Crippen MR) is 64.8 cm³/mol. The maximum Gasteiger partial charge on any atom is 0.307 e. The third-order valence-corrected chi connectivity index (χ3v) is 2.47. The van der Waals surface area contributed by atoms with Crippen molar-refractivity contribution in [2.45, 2.75) is 19.4 Å². The summed E-state index contributed by atoms with van der Waals surface area (Å²) < 4.78 is 17.5. The average molecular weight is 253 g/mol. The summed E-state index contributed by atoms with van der Waals surface area (Å²) in [4.78, 5) is 23.4. The lowest BCUT2D eigenvalue weighted by molar-refractivity contribution is -0.143. The number of Topliss-reactive ketones (excluding diaryl/α,β-unsaturated/α-hetero) is 1. The van der Waals surface area contributed by atoms with Crippen LogP contribution in [0.15, 0.2) is 24.3 Å². The molecule has 5 heteroatoms. The van der Waals surface area contributed by atoms with Gasteiger partial charge in [-0.2, -0.15) is 0 Å². The maximum absolute atomic E-state index is 12.7. The van der Waals surface area contributed by atoms with Gasteiger partial charge in [0, 0.05) is 5.56 Å². The molecule has 0 fully saturated rings. The molecule has 1 atom stereocenters. The zero-order valence-corrected chi connectivity index (χ0v) is 10.4. The van der Waals surface area contributed by atoms with E-state index in [-0.39, 0.29) is 18.8 Å². The summed E-state index contributed by atoms with van der Waals surface area (Å²) in [6.45, 7) is 1.98. The molecule has 0 saturated heterocycles. The second-order valence-corrected chi connectivity index (χ2v) is 3.72. The monoisotopic (exact) mass is 253 g/mol. The van der Waals surface area contributed by atoms with Crippen LogP contribution in [-0.4, -0.2) is 31.4 Å². The second kappa shape index (κ2) is 6.86. The zero-order chi connectivity index (χ0) is 13.5. The molecule has 1 rings (SSSR count). The Bertz CT molecular complexity index is 417. The molecular weight excluding hydrogens is 237 g/mol. The second-order valence-electron chi connectivity index (χ2n) is 3.72. The van der Waals surface area contributed by atoms with E-state index in [1.54, 1.807) is 14.0 Å². The fourth-order valence-electron chi connectivity index (χ4n) is 1.53. The normalized spacial score (nSPS) is 11.9. The molecule has 0 radical (unpaired) electrons. The number of hydrogen-bond acceptors (Lipinski definition) is 4. The number of esters is 1. The van der Waals surface area contributed by atoms with Crippen LogP contribution in [0.2, 0.25) is 0 Å². The number of likely N-dealkylation sites (N-methyl/N-ethyl adjacent to an activating group) is 1. The van der Waals surface area contributed by atoms with Gasteiger partial charge in [-0.15, -0.1) is 0 Å². The minimum atomic E-state index is -0.658. The summed E-state index contributed by atoms with van der Waals surface area (Å²) in [6, 6.07) is 4.56. The number of ketones is 1. The van der Waals surface area contributed by atoms with Crippen molar-refractivity contribution < 1.29 is 18.7 Å². The van der Waals surface area contributed by atoms with Gasteiger partial charge >= 0.3 is 5.97 Å². The highest BCUT2D eigenvalue weighted by molar-refractivity contribution is 6.01. The summed E-state index contributed by atoms with van der Waals surface area (Å²) in [6.07, 6.45) is -0.0411. The minimum absolute atomic E-state index is 0.0411. The largest absolute Gasteiger partial charge is 0.466 e. The van der Waals surface area contributed by atoms with Gasteiger partial charge < -0.3 is 10.1 Å². The lowest BCUT2D eigenvalue weighted by atomic mass is 10.0. The zero-order valence-electron chi connectivity index (χ0n) is 10.4. The molecule has 0 amide bonds. The summed E-state index contributed by atoms with van der Waals surface area (Å²) in [5.41, 5.74) is 0.361. The Kier molecular flexibility index (Phi) is 5.45. The molecule has 18 heavy (non-hydrogen) atoms. The molecule has 0 aliphatic carbocycles. The molecule has 1 aromatic rings. The molecule has 0 bridgehead atoms. The van der Waals surface area contributed by atoms with Gasteiger partial charge in [0.2, 0.25) is 0 Å². The smallest absolute Gasteiger partial charge is 0.307 e. The summed E-state index contributed by atoms with van der Waals surface area (Å²) in [5.74, 6) is -1.10. The molecule has 0 spiro atoms. The van der Waals surface area contributed by atoms with E-state index in [2.05, 4.69) is 5.32 Å². The van der Waals surface area contributed by atoms with E-state index in [4.69, 9.17) is 4.74 Å². The number of rotatable bonds is 6. The summed E-state index contributed by atoms with van der Waals surface area (Å²) in [5, 5.41) is 2.76. The third kappa shape index (κ3) is 3.92. The van der Waals surface area contributed by atoms with Crippen LogP contribution in [-0.2, 0) is 9.53 Å². The van der Waals surface area contributed by atoms with Crippen molar-refractivity contribution in [1.82, 2.24) is 5.32 Å². The van der Waals surface area contributed by atoms with E-state index >= 15 is 0 Å². The van der Waals surface area contributed by atoms with Crippen LogP contribution < -0.4 is 5.32 Å². The first-order valence-corrected chi connectivity index (χ1v) is 5.71. The number of carbonyl (C=O) groups excluding carboxylic acids is 2. The van der Waals surface area contributed by atoms with Crippen molar-refractivity contribution in [1.29, 1.82) is 0 Å². The van der Waals surface area contributed by atoms with Gasteiger partial charge in [0.15, 0.2) is 5.78 Å². The maximum atomic E-state index is 12.7. The first kappa shape index (κ1) is 14.3. The van der Waals surface area contributed by atoms with Crippen molar-refractivity contribution in [3.8, 4) is 0 Å². The molecule has 1 aromatic carbocycles. The van der Waals surface area contributed by atoms with Crippen LogP contribution >= 0.6 is 0 Å². The van der Waals surface area contributed by atoms with Gasteiger partial charge in [0.25, 0.3) is 0 Å². The number of carbonyl (C=O) groups is 2. The topological polar surface area (TPSA) is 55.4 Å². The highest BCUT2D eigenvalue weighted by Gasteiger charge is 2.22. The van der Waals surface area contributed by atoms with Crippen LogP contribution in [0.3, 0.4) is 0 Å². The molecule has 98 valence electrons. The minimum Gasteiger partial charge on any atom is -0.466 e. The van der Waals surface area contributed by atoms with Crippen LogP contribution in [0.25, 0.3) is 0 Å². The molecule has 1 unspecified atom stereocenters.